The van der Waals surface area contributed by atoms with Crippen LogP contribution in [-0.2, 0) is 17.0 Å². The number of carbonyl (C=O) groups excluding carboxylic acids is 3. The topological polar surface area (TPSA) is 137 Å². The SMILES string of the molecule is COc1ccc2c(c1F)C(=O)N([C@@]1(c3cc4nc(N5CC[C@@H](O)C5)ccc4o3)NC(=O)NC1=O)C2. The average Bonchev–Trinajstić information content (AvgIpc) is 3.59. The van der Waals surface area contributed by atoms with Gasteiger partial charge in [0.1, 0.15) is 11.3 Å². The maximum atomic E-state index is 15.0. The van der Waals surface area contributed by atoms with Gasteiger partial charge in [-0.15, -0.1) is 0 Å². The number of aromatic nitrogens is 1. The summed E-state index contributed by atoms with van der Waals surface area (Å²) in [5.41, 5.74) is -1.22. The molecule has 0 unspecified atom stereocenters. The lowest BCUT2D eigenvalue weighted by Crippen LogP contribution is -2.57. The Hall–Kier alpha value is -4.19. The number of carbonyl (C=O) groups is 3. The van der Waals surface area contributed by atoms with Crippen LogP contribution in [0.15, 0.2) is 34.7 Å². The monoisotopic (exact) mass is 481 g/mol. The van der Waals surface area contributed by atoms with Crippen LogP contribution in [0.3, 0.4) is 0 Å². The molecule has 5 heterocycles. The van der Waals surface area contributed by atoms with Gasteiger partial charge >= 0.3 is 6.03 Å². The molecule has 35 heavy (non-hydrogen) atoms. The molecular weight excluding hydrogens is 461 g/mol. The fraction of sp³-hybridized carbons (Fsp3) is 0.304. The highest BCUT2D eigenvalue weighted by atomic mass is 19.1. The summed E-state index contributed by atoms with van der Waals surface area (Å²) in [7, 11) is 1.28. The molecule has 3 N–H and O–H groups in total. The van der Waals surface area contributed by atoms with E-state index in [1.807, 2.05) is 4.90 Å². The van der Waals surface area contributed by atoms with E-state index in [1.54, 1.807) is 12.1 Å². The number of imide groups is 1. The molecule has 1 aromatic carbocycles. The Morgan fingerprint density at radius 2 is 2.09 bits per heavy atom. The van der Waals surface area contributed by atoms with Crippen molar-refractivity contribution in [3.05, 3.63) is 53.0 Å². The van der Waals surface area contributed by atoms with E-state index in [2.05, 4.69) is 15.6 Å². The van der Waals surface area contributed by atoms with Crippen LogP contribution >= 0.6 is 0 Å². The van der Waals surface area contributed by atoms with E-state index in [4.69, 9.17) is 9.15 Å². The molecule has 3 aliphatic rings. The zero-order chi connectivity index (χ0) is 24.5. The van der Waals surface area contributed by atoms with E-state index in [1.165, 1.54) is 25.3 Å². The summed E-state index contributed by atoms with van der Waals surface area (Å²) in [5.74, 6) is -2.02. The number of benzene rings is 1. The molecule has 2 fully saturated rings. The smallest absolute Gasteiger partial charge is 0.324 e. The number of ether oxygens (including phenoxy) is 1. The number of pyridine rings is 1. The highest BCUT2D eigenvalue weighted by molar-refractivity contribution is 6.11. The summed E-state index contributed by atoms with van der Waals surface area (Å²) in [6, 6.07) is 6.98. The molecule has 2 atom stereocenters. The summed E-state index contributed by atoms with van der Waals surface area (Å²) in [4.78, 5) is 46.4. The van der Waals surface area contributed by atoms with E-state index in [0.717, 1.165) is 4.90 Å². The molecule has 2 saturated heterocycles. The molecule has 11 nitrogen and oxygen atoms in total. The highest BCUT2D eigenvalue weighted by Gasteiger charge is 2.59. The van der Waals surface area contributed by atoms with Gasteiger partial charge in [0.2, 0.25) is 0 Å². The summed E-state index contributed by atoms with van der Waals surface area (Å²) in [5, 5.41) is 14.5. The lowest BCUT2D eigenvalue weighted by Gasteiger charge is -2.33. The predicted molar refractivity (Wildman–Crippen MR) is 118 cm³/mol. The zero-order valence-electron chi connectivity index (χ0n) is 18.5. The maximum absolute atomic E-state index is 15.0. The van der Waals surface area contributed by atoms with Crippen LogP contribution in [0.5, 0.6) is 5.75 Å². The van der Waals surface area contributed by atoms with E-state index in [0.29, 0.717) is 42.0 Å². The number of aliphatic hydroxyl groups is 1. The van der Waals surface area contributed by atoms with Crippen LogP contribution in [0.2, 0.25) is 0 Å². The normalized spacial score (nSPS) is 23.7. The molecule has 0 radical (unpaired) electrons. The van der Waals surface area contributed by atoms with Crippen LogP contribution in [-0.4, -0.2) is 59.1 Å². The van der Waals surface area contributed by atoms with Crippen molar-refractivity contribution in [2.75, 3.05) is 25.1 Å². The molecule has 2 aromatic heterocycles. The first kappa shape index (κ1) is 21.4. The Kier molecular flexibility index (Phi) is 4.52. The number of nitrogens with one attached hydrogen (secondary N) is 2. The number of nitrogens with zero attached hydrogens (tertiary/aromatic N) is 3. The van der Waals surface area contributed by atoms with Crippen LogP contribution in [0.25, 0.3) is 11.1 Å². The Morgan fingerprint density at radius 3 is 2.77 bits per heavy atom. The van der Waals surface area contributed by atoms with Gasteiger partial charge in [-0.1, -0.05) is 6.07 Å². The van der Waals surface area contributed by atoms with Crippen LogP contribution in [0.1, 0.15) is 28.1 Å². The molecule has 3 aliphatic heterocycles. The number of halogens is 1. The predicted octanol–water partition coefficient (Wildman–Crippen LogP) is 1.19. The number of aliphatic hydroxyl groups excluding tert-OH is 1. The quantitative estimate of drug-likeness (QED) is 0.473. The molecule has 12 heteroatoms. The molecule has 3 aromatic rings. The molecular formula is C23H20FN5O6. The number of furan rings is 1. The van der Waals surface area contributed by atoms with Gasteiger partial charge in [-0.3, -0.25) is 19.8 Å². The van der Waals surface area contributed by atoms with Gasteiger partial charge < -0.3 is 24.5 Å². The van der Waals surface area contributed by atoms with Crippen molar-refractivity contribution in [3.8, 4) is 5.75 Å². The van der Waals surface area contributed by atoms with Gasteiger partial charge in [-0.2, -0.15) is 0 Å². The number of anilines is 1. The maximum Gasteiger partial charge on any atom is 0.324 e. The average molecular weight is 481 g/mol. The fourth-order valence-electron chi connectivity index (χ4n) is 4.93. The van der Waals surface area contributed by atoms with Gasteiger partial charge in [-0.25, -0.2) is 14.2 Å². The fourth-order valence-corrected chi connectivity index (χ4v) is 4.93. The molecule has 0 saturated carbocycles. The first-order chi connectivity index (χ1) is 16.8. The second kappa shape index (κ2) is 7.40. The minimum atomic E-state index is -2.04. The van der Waals surface area contributed by atoms with Crippen LogP contribution in [0.4, 0.5) is 15.0 Å². The number of hydrogen-bond acceptors (Lipinski definition) is 8. The third kappa shape index (κ3) is 2.99. The van der Waals surface area contributed by atoms with Crippen LogP contribution in [0, 0.1) is 5.82 Å². The largest absolute Gasteiger partial charge is 0.494 e. The first-order valence-corrected chi connectivity index (χ1v) is 11.0. The van der Waals surface area contributed by atoms with E-state index < -0.39 is 35.4 Å². The number of fused-ring (bicyclic) bond motifs is 2. The number of amides is 4. The Morgan fingerprint density at radius 1 is 1.26 bits per heavy atom. The molecule has 0 aliphatic carbocycles. The second-order valence-corrected chi connectivity index (χ2v) is 8.68. The van der Waals surface area contributed by atoms with E-state index in [9.17, 15) is 23.9 Å². The lowest BCUT2D eigenvalue weighted by molar-refractivity contribution is -0.131. The highest BCUT2D eigenvalue weighted by Crippen LogP contribution is 2.41. The van der Waals surface area contributed by atoms with Crippen molar-refractivity contribution in [2.45, 2.75) is 24.7 Å². The second-order valence-electron chi connectivity index (χ2n) is 8.68. The third-order valence-corrected chi connectivity index (χ3v) is 6.66. The Bertz CT molecular complexity index is 1420. The standard InChI is InChI=1S/C23H20FN5O6/c1-34-15-3-2-11-9-29(20(31)18(11)19(15)24)23(21(32)26-22(33)27-23)16-8-13-14(35-16)4-5-17(25-13)28-7-6-12(30)10-28/h2-5,8,12,30H,6-7,9-10H2,1H3,(H2,26,27,32,33)/t12-,23-/m1/s1. The van der Waals surface area contributed by atoms with Gasteiger partial charge in [0.15, 0.2) is 22.9 Å². The molecule has 0 bridgehead atoms. The van der Waals surface area contributed by atoms with Gasteiger partial charge in [0.25, 0.3) is 17.5 Å². The van der Waals surface area contributed by atoms with Crippen molar-refractivity contribution >= 4 is 34.8 Å². The number of hydrogen-bond donors (Lipinski definition) is 3. The van der Waals surface area contributed by atoms with Crippen LogP contribution < -0.4 is 20.3 Å². The lowest BCUT2D eigenvalue weighted by atomic mass is 10.1. The Labute approximate surface area is 197 Å². The summed E-state index contributed by atoms with van der Waals surface area (Å²) in [6.45, 7) is 0.938. The number of rotatable bonds is 4. The van der Waals surface area contributed by atoms with E-state index in [-0.39, 0.29) is 23.6 Å². The number of β-amino-alcohol motifs (C(OH)–C–C–N with tert-alkyl or cyclic N) is 1. The third-order valence-electron chi connectivity index (χ3n) is 6.66. The Balaban J connectivity index is 1.45. The molecule has 0 spiro atoms. The number of methoxy groups -OCH3 is 1. The first-order valence-electron chi connectivity index (χ1n) is 11.0. The van der Waals surface area contributed by atoms with Crippen molar-refractivity contribution < 1.29 is 33.0 Å². The van der Waals surface area contributed by atoms with Gasteiger partial charge in [0.05, 0.1) is 25.3 Å². The van der Waals surface area contributed by atoms with Crippen molar-refractivity contribution in [1.29, 1.82) is 0 Å². The number of urea groups is 1. The molecule has 4 amide bonds. The van der Waals surface area contributed by atoms with Crippen molar-refractivity contribution in [2.24, 2.45) is 0 Å². The molecule has 6 rings (SSSR count). The summed E-state index contributed by atoms with van der Waals surface area (Å²) >= 11 is 0. The van der Waals surface area contributed by atoms with Crippen molar-refractivity contribution in [3.63, 3.8) is 0 Å². The van der Waals surface area contributed by atoms with Gasteiger partial charge in [0, 0.05) is 19.2 Å². The van der Waals surface area contributed by atoms with Gasteiger partial charge in [-0.05, 0) is 30.2 Å². The summed E-state index contributed by atoms with van der Waals surface area (Å²) < 4.78 is 25.9. The zero-order valence-corrected chi connectivity index (χ0v) is 18.5. The van der Waals surface area contributed by atoms with Crippen molar-refractivity contribution in [1.82, 2.24) is 20.5 Å². The minimum Gasteiger partial charge on any atom is -0.494 e. The molecule has 180 valence electrons. The van der Waals surface area contributed by atoms with E-state index >= 15 is 0 Å². The minimum absolute atomic E-state index is 0.0458. The summed E-state index contributed by atoms with van der Waals surface area (Å²) in [6.07, 6.45) is 0.194.